The molecule has 0 radical (unpaired) electrons. The van der Waals surface area contributed by atoms with Gasteiger partial charge in [0.25, 0.3) is 0 Å². The molecule has 2 atom stereocenters. The van der Waals surface area contributed by atoms with Crippen LogP contribution in [0, 0.1) is 19.7 Å². The van der Waals surface area contributed by atoms with Gasteiger partial charge in [0.15, 0.2) is 0 Å². The summed E-state index contributed by atoms with van der Waals surface area (Å²) in [5.41, 5.74) is 2.47. The first-order valence-electron chi connectivity index (χ1n) is 11.0. The highest BCUT2D eigenvalue weighted by molar-refractivity contribution is 7.89. The number of hydrogen-bond acceptors (Lipinski definition) is 6. The van der Waals surface area contributed by atoms with E-state index < -0.39 is 33.6 Å². The quantitative estimate of drug-likeness (QED) is 0.555. The largest absolute Gasteiger partial charge is 0.434 e. The number of anilines is 1. The molecule has 1 aliphatic carbocycles. The van der Waals surface area contributed by atoms with Gasteiger partial charge in [-0.05, 0) is 67.6 Å². The van der Waals surface area contributed by atoms with E-state index in [1.165, 1.54) is 22.5 Å². The Balaban J connectivity index is 1.70. The maximum Gasteiger partial charge on any atom is 0.434 e. The number of aromatic nitrogens is 2. The van der Waals surface area contributed by atoms with E-state index in [1.807, 2.05) is 11.8 Å². The Bertz CT molecular complexity index is 1430. The number of aromatic amines is 1. The molecule has 1 aliphatic heterocycles. The SMILES string of the molecule is Cc1ccc(F)c([C@@H](C)[C@@H](c2n[nH]c(=O)o2)N2CN(C3CC3)c3cc(Cl)ccc3S2(=O)=O)c1C. The van der Waals surface area contributed by atoms with Crippen LogP contribution in [-0.4, -0.2) is 35.6 Å². The molecule has 0 saturated heterocycles. The van der Waals surface area contributed by atoms with Crippen molar-refractivity contribution in [1.82, 2.24) is 14.5 Å². The van der Waals surface area contributed by atoms with E-state index >= 15 is 4.39 Å². The molecule has 3 aromatic rings. The normalized spacial score (nSPS) is 19.6. The number of nitrogens with zero attached hydrogens (tertiary/aromatic N) is 3. The van der Waals surface area contributed by atoms with E-state index in [0.717, 1.165) is 18.4 Å². The lowest BCUT2D eigenvalue weighted by molar-refractivity contribution is 0.234. The first-order chi connectivity index (χ1) is 16.1. The molecule has 1 aromatic heterocycles. The fourth-order valence-corrected chi connectivity index (χ4v) is 6.72. The fourth-order valence-electron chi connectivity index (χ4n) is 4.77. The van der Waals surface area contributed by atoms with Gasteiger partial charge in [0.05, 0.1) is 12.4 Å². The summed E-state index contributed by atoms with van der Waals surface area (Å²) in [5.74, 6) is -2.10. The Hall–Kier alpha value is -2.69. The zero-order chi connectivity index (χ0) is 24.4. The van der Waals surface area contributed by atoms with Crippen LogP contribution in [-0.2, 0) is 10.0 Å². The molecule has 34 heavy (non-hydrogen) atoms. The minimum atomic E-state index is -4.07. The van der Waals surface area contributed by atoms with Crippen molar-refractivity contribution in [2.24, 2.45) is 0 Å². The highest BCUT2D eigenvalue weighted by Crippen LogP contribution is 2.47. The second-order valence-electron chi connectivity index (χ2n) is 8.93. The van der Waals surface area contributed by atoms with Crippen LogP contribution in [0.3, 0.4) is 0 Å². The molecule has 2 aliphatic rings. The number of H-pyrrole nitrogens is 1. The van der Waals surface area contributed by atoms with Crippen LogP contribution in [0.15, 0.2) is 44.4 Å². The van der Waals surface area contributed by atoms with Crippen molar-refractivity contribution in [3.63, 3.8) is 0 Å². The molecule has 2 heterocycles. The van der Waals surface area contributed by atoms with Crippen LogP contribution in [0.4, 0.5) is 10.1 Å². The van der Waals surface area contributed by atoms with E-state index in [9.17, 15) is 13.2 Å². The van der Waals surface area contributed by atoms with Crippen LogP contribution < -0.4 is 10.7 Å². The van der Waals surface area contributed by atoms with Crippen molar-refractivity contribution < 1.29 is 17.2 Å². The van der Waals surface area contributed by atoms with E-state index in [0.29, 0.717) is 21.8 Å². The van der Waals surface area contributed by atoms with Gasteiger partial charge < -0.3 is 9.32 Å². The summed E-state index contributed by atoms with van der Waals surface area (Å²) < 4.78 is 49.4. The lowest BCUT2D eigenvalue weighted by atomic mass is 9.87. The maximum atomic E-state index is 15.1. The number of rotatable bonds is 5. The van der Waals surface area contributed by atoms with Gasteiger partial charge in [0.1, 0.15) is 16.8 Å². The third-order valence-electron chi connectivity index (χ3n) is 6.78. The van der Waals surface area contributed by atoms with Crippen LogP contribution in [0.1, 0.15) is 54.3 Å². The average molecular weight is 507 g/mol. The predicted molar refractivity (Wildman–Crippen MR) is 125 cm³/mol. The van der Waals surface area contributed by atoms with Crippen LogP contribution in [0.5, 0.6) is 0 Å². The Kier molecular flexibility index (Phi) is 5.57. The van der Waals surface area contributed by atoms with E-state index in [1.54, 1.807) is 26.0 Å². The number of halogens is 2. The minimum Gasteiger partial charge on any atom is -0.391 e. The van der Waals surface area contributed by atoms with Crippen molar-refractivity contribution in [2.75, 3.05) is 11.6 Å². The second kappa shape index (κ2) is 8.21. The molecular formula is C23H24ClFN4O4S. The number of fused-ring (bicyclic) bond motifs is 1. The molecule has 180 valence electrons. The summed E-state index contributed by atoms with van der Waals surface area (Å²) >= 11 is 6.20. The summed E-state index contributed by atoms with van der Waals surface area (Å²) in [7, 11) is -4.07. The number of sulfonamides is 1. The lowest BCUT2D eigenvalue weighted by Gasteiger charge is -2.42. The van der Waals surface area contributed by atoms with Gasteiger partial charge in [0.2, 0.25) is 15.9 Å². The minimum absolute atomic E-state index is 0.00159. The molecule has 11 heteroatoms. The van der Waals surface area contributed by atoms with Crippen molar-refractivity contribution in [1.29, 1.82) is 0 Å². The predicted octanol–water partition coefficient (Wildman–Crippen LogP) is 4.25. The number of aryl methyl sites for hydroxylation is 1. The molecule has 5 rings (SSSR count). The molecule has 0 spiro atoms. The molecule has 1 N–H and O–H groups in total. The molecule has 0 unspecified atom stereocenters. The molecule has 1 saturated carbocycles. The molecule has 2 aromatic carbocycles. The molecule has 8 nitrogen and oxygen atoms in total. The molecule has 1 fully saturated rings. The average Bonchev–Trinajstić information content (AvgIpc) is 3.53. The van der Waals surface area contributed by atoms with Gasteiger partial charge in [-0.15, -0.1) is 5.10 Å². The topological polar surface area (TPSA) is 99.5 Å². The summed E-state index contributed by atoms with van der Waals surface area (Å²) in [4.78, 5) is 13.9. The zero-order valence-corrected chi connectivity index (χ0v) is 20.5. The summed E-state index contributed by atoms with van der Waals surface area (Å²) in [6, 6.07) is 6.81. The van der Waals surface area contributed by atoms with Gasteiger partial charge in [-0.3, -0.25) is 0 Å². The van der Waals surface area contributed by atoms with Gasteiger partial charge in [-0.25, -0.2) is 22.7 Å². The lowest BCUT2D eigenvalue weighted by Crippen LogP contribution is -2.50. The fraction of sp³-hybridized carbons (Fsp3) is 0.391. The number of nitrogens with one attached hydrogen (secondary N) is 1. The Labute approximate surface area is 201 Å². The monoisotopic (exact) mass is 506 g/mol. The second-order valence-corrected chi connectivity index (χ2v) is 11.2. The first kappa shape index (κ1) is 23.1. The Morgan fingerprint density at radius 2 is 1.97 bits per heavy atom. The summed E-state index contributed by atoms with van der Waals surface area (Å²) in [5, 5.41) is 6.62. The van der Waals surface area contributed by atoms with Crippen LogP contribution in [0.2, 0.25) is 5.02 Å². The van der Waals surface area contributed by atoms with Crippen molar-refractivity contribution in [3.8, 4) is 0 Å². The maximum absolute atomic E-state index is 15.1. The van der Waals surface area contributed by atoms with Crippen molar-refractivity contribution in [2.45, 2.75) is 56.5 Å². The molecule has 0 bridgehead atoms. The first-order valence-corrected chi connectivity index (χ1v) is 12.8. The highest BCUT2D eigenvalue weighted by Gasteiger charge is 2.47. The van der Waals surface area contributed by atoms with Crippen molar-refractivity contribution >= 4 is 27.3 Å². The Morgan fingerprint density at radius 1 is 1.24 bits per heavy atom. The summed E-state index contributed by atoms with van der Waals surface area (Å²) in [6.45, 7) is 5.37. The van der Waals surface area contributed by atoms with Crippen LogP contribution >= 0.6 is 11.6 Å². The standard InChI is InChI=1S/C23H24ClFN4O4S/c1-12-4-8-17(25)20(13(12)2)14(3)21(22-26-27-23(30)33-22)29-11-28(16-6-7-16)18-10-15(24)5-9-19(18)34(29,31)32/h4-5,8-10,14,16,21H,6-7,11H2,1-3H3,(H,27,30)/t14-,21+/m1/s1. The molecular weight excluding hydrogens is 483 g/mol. The van der Waals surface area contributed by atoms with Crippen LogP contribution in [0.25, 0.3) is 0 Å². The highest BCUT2D eigenvalue weighted by atomic mass is 35.5. The van der Waals surface area contributed by atoms with Crippen molar-refractivity contribution in [3.05, 3.63) is 74.3 Å². The third-order valence-corrected chi connectivity index (χ3v) is 8.87. The van der Waals surface area contributed by atoms with Gasteiger partial charge >= 0.3 is 5.76 Å². The van der Waals surface area contributed by atoms with E-state index in [-0.39, 0.29) is 23.5 Å². The molecule has 0 amide bonds. The number of hydrogen-bond donors (Lipinski definition) is 1. The summed E-state index contributed by atoms with van der Waals surface area (Å²) in [6.07, 6.45) is 1.84. The van der Waals surface area contributed by atoms with E-state index in [2.05, 4.69) is 10.2 Å². The Morgan fingerprint density at radius 3 is 2.62 bits per heavy atom. The number of benzene rings is 2. The van der Waals surface area contributed by atoms with Gasteiger partial charge in [-0.2, -0.15) is 4.31 Å². The van der Waals surface area contributed by atoms with Gasteiger partial charge in [-0.1, -0.05) is 24.6 Å². The zero-order valence-electron chi connectivity index (χ0n) is 18.9. The van der Waals surface area contributed by atoms with E-state index in [4.69, 9.17) is 16.0 Å². The third kappa shape index (κ3) is 3.73. The van der Waals surface area contributed by atoms with Gasteiger partial charge in [0, 0.05) is 17.0 Å². The smallest absolute Gasteiger partial charge is 0.391 e.